The largest absolute Gasteiger partial charge is 0.357 e. The second-order valence-corrected chi connectivity index (χ2v) is 3.04. The van der Waals surface area contributed by atoms with Crippen LogP contribution in [0.5, 0.6) is 0 Å². The molecule has 1 atom stereocenters. The molecule has 1 aliphatic heterocycles. The van der Waals surface area contributed by atoms with Crippen molar-refractivity contribution in [2.24, 2.45) is 0 Å². The van der Waals surface area contributed by atoms with Crippen molar-refractivity contribution in [1.29, 1.82) is 0 Å². The van der Waals surface area contributed by atoms with Crippen LogP contribution < -0.4 is 0 Å². The summed E-state index contributed by atoms with van der Waals surface area (Å²) in [7, 11) is 0. The molecule has 0 saturated carbocycles. The molecule has 1 aromatic rings. The van der Waals surface area contributed by atoms with Gasteiger partial charge in [-0.25, -0.2) is 4.68 Å². The van der Waals surface area contributed by atoms with Crippen LogP contribution in [0.25, 0.3) is 0 Å². The van der Waals surface area contributed by atoms with Crippen molar-refractivity contribution in [3.05, 3.63) is 17.4 Å². The van der Waals surface area contributed by atoms with Crippen molar-refractivity contribution in [3.63, 3.8) is 0 Å². The van der Waals surface area contributed by atoms with Crippen LogP contribution >= 0.6 is 11.6 Å². The van der Waals surface area contributed by atoms with E-state index in [4.69, 9.17) is 16.3 Å². The van der Waals surface area contributed by atoms with Crippen LogP contribution in [0, 0.1) is 0 Å². The number of ether oxygens (including phenoxy) is 1. The average molecular weight is 173 g/mol. The van der Waals surface area contributed by atoms with Gasteiger partial charge in [0.2, 0.25) is 0 Å². The summed E-state index contributed by atoms with van der Waals surface area (Å²) in [6.45, 7) is 0.835. The fourth-order valence-electron chi connectivity index (χ4n) is 1.24. The average Bonchev–Trinajstić information content (AvgIpc) is 2.55. The summed E-state index contributed by atoms with van der Waals surface area (Å²) in [6.07, 6.45) is 5.68. The van der Waals surface area contributed by atoms with E-state index in [9.17, 15) is 0 Å². The van der Waals surface area contributed by atoms with Gasteiger partial charge in [-0.05, 0) is 12.8 Å². The molecule has 4 heteroatoms. The first-order valence-corrected chi connectivity index (χ1v) is 4.05. The maximum Gasteiger partial charge on any atom is 0.150 e. The number of rotatable bonds is 1. The zero-order valence-electron chi connectivity index (χ0n) is 6.03. The van der Waals surface area contributed by atoms with Crippen LogP contribution in [0.3, 0.4) is 0 Å². The lowest BCUT2D eigenvalue weighted by Gasteiger charge is -2.07. The van der Waals surface area contributed by atoms with Crippen LogP contribution in [0.1, 0.15) is 19.1 Å². The predicted octanol–water partition coefficient (Wildman–Crippen LogP) is 1.85. The Kier molecular flexibility index (Phi) is 1.84. The summed E-state index contributed by atoms with van der Waals surface area (Å²) in [6, 6.07) is 0. The highest BCUT2D eigenvalue weighted by atomic mass is 35.5. The normalized spacial score (nSPS) is 24.3. The molecule has 0 aromatic carbocycles. The molecule has 60 valence electrons. The quantitative estimate of drug-likeness (QED) is 0.647. The van der Waals surface area contributed by atoms with E-state index < -0.39 is 0 Å². The summed E-state index contributed by atoms with van der Waals surface area (Å²) < 4.78 is 7.17. The van der Waals surface area contributed by atoms with Crippen LogP contribution in [0.2, 0.25) is 5.02 Å². The van der Waals surface area contributed by atoms with Crippen molar-refractivity contribution in [3.8, 4) is 0 Å². The summed E-state index contributed by atoms with van der Waals surface area (Å²) >= 11 is 5.70. The lowest BCUT2D eigenvalue weighted by atomic mass is 10.3. The number of halogens is 1. The third-order valence-electron chi connectivity index (χ3n) is 1.77. The highest BCUT2D eigenvalue weighted by molar-refractivity contribution is 6.30. The van der Waals surface area contributed by atoms with Gasteiger partial charge in [0.05, 0.1) is 11.2 Å². The third-order valence-corrected chi connectivity index (χ3v) is 1.97. The molecule has 0 aliphatic carbocycles. The number of aromatic nitrogens is 2. The minimum Gasteiger partial charge on any atom is -0.357 e. The maximum absolute atomic E-state index is 5.70. The molecule has 2 rings (SSSR count). The summed E-state index contributed by atoms with van der Waals surface area (Å²) in [5.41, 5.74) is 0. The Balaban J connectivity index is 2.15. The Morgan fingerprint density at radius 1 is 1.73 bits per heavy atom. The molecule has 3 nitrogen and oxygen atoms in total. The molecule has 1 unspecified atom stereocenters. The number of hydrogen-bond acceptors (Lipinski definition) is 2. The predicted molar refractivity (Wildman–Crippen MR) is 41.5 cm³/mol. The van der Waals surface area contributed by atoms with Crippen molar-refractivity contribution < 1.29 is 4.74 Å². The molecule has 1 saturated heterocycles. The Hall–Kier alpha value is -0.540. The Morgan fingerprint density at radius 3 is 3.18 bits per heavy atom. The zero-order chi connectivity index (χ0) is 7.68. The van der Waals surface area contributed by atoms with E-state index in [1.807, 2.05) is 0 Å². The number of nitrogens with zero attached hydrogens (tertiary/aromatic N) is 2. The van der Waals surface area contributed by atoms with Gasteiger partial charge >= 0.3 is 0 Å². The molecule has 1 fully saturated rings. The Labute approximate surface area is 69.9 Å². The van der Waals surface area contributed by atoms with E-state index in [0.717, 1.165) is 19.4 Å². The van der Waals surface area contributed by atoms with Gasteiger partial charge in [-0.15, -0.1) is 0 Å². The van der Waals surface area contributed by atoms with E-state index in [2.05, 4.69) is 5.10 Å². The molecule has 11 heavy (non-hydrogen) atoms. The van der Waals surface area contributed by atoms with E-state index in [1.165, 1.54) is 0 Å². The minimum absolute atomic E-state index is 0.113. The van der Waals surface area contributed by atoms with Gasteiger partial charge in [0, 0.05) is 12.8 Å². The second kappa shape index (κ2) is 2.83. The van der Waals surface area contributed by atoms with Crippen molar-refractivity contribution in [2.45, 2.75) is 19.1 Å². The molecular formula is C7H9ClN2O. The fourth-order valence-corrected chi connectivity index (χ4v) is 1.39. The highest BCUT2D eigenvalue weighted by Crippen LogP contribution is 2.22. The highest BCUT2D eigenvalue weighted by Gasteiger charge is 2.17. The molecule has 0 radical (unpaired) electrons. The second-order valence-electron chi connectivity index (χ2n) is 2.61. The van der Waals surface area contributed by atoms with E-state index in [-0.39, 0.29) is 6.23 Å². The lowest BCUT2D eigenvalue weighted by molar-refractivity contribution is 0.0467. The summed E-state index contributed by atoms with van der Waals surface area (Å²) in [5.74, 6) is 0. The van der Waals surface area contributed by atoms with E-state index in [1.54, 1.807) is 17.1 Å². The smallest absolute Gasteiger partial charge is 0.150 e. The van der Waals surface area contributed by atoms with E-state index >= 15 is 0 Å². The zero-order valence-corrected chi connectivity index (χ0v) is 6.79. The molecule has 0 bridgehead atoms. The SMILES string of the molecule is Clc1cnn(C2CCCO2)c1. The van der Waals surface area contributed by atoms with Gasteiger partial charge < -0.3 is 4.74 Å². The first-order chi connectivity index (χ1) is 5.36. The Morgan fingerprint density at radius 2 is 2.64 bits per heavy atom. The third kappa shape index (κ3) is 1.39. The van der Waals surface area contributed by atoms with Gasteiger partial charge in [-0.2, -0.15) is 5.10 Å². The van der Waals surface area contributed by atoms with Crippen molar-refractivity contribution >= 4 is 11.6 Å². The number of hydrogen-bond donors (Lipinski definition) is 0. The van der Waals surface area contributed by atoms with Gasteiger partial charge in [-0.1, -0.05) is 11.6 Å². The molecule has 1 aromatic heterocycles. The van der Waals surface area contributed by atoms with Crippen LogP contribution in [-0.4, -0.2) is 16.4 Å². The standard InChI is InChI=1S/C7H9ClN2O/c8-6-4-9-10(5-6)7-2-1-3-11-7/h4-5,7H,1-3H2. The molecule has 0 spiro atoms. The summed E-state index contributed by atoms with van der Waals surface area (Å²) in [5, 5.41) is 4.72. The molecule has 0 amide bonds. The minimum atomic E-state index is 0.113. The van der Waals surface area contributed by atoms with Gasteiger partial charge in [0.15, 0.2) is 0 Å². The molecular weight excluding hydrogens is 164 g/mol. The Bertz CT molecular complexity index is 242. The van der Waals surface area contributed by atoms with Crippen LogP contribution in [-0.2, 0) is 4.74 Å². The molecule has 0 N–H and O–H groups in total. The maximum atomic E-state index is 5.70. The molecule has 1 aliphatic rings. The molecule has 2 heterocycles. The van der Waals surface area contributed by atoms with Gasteiger partial charge in [0.1, 0.15) is 6.23 Å². The monoisotopic (exact) mass is 172 g/mol. The fraction of sp³-hybridized carbons (Fsp3) is 0.571. The van der Waals surface area contributed by atoms with Gasteiger partial charge in [0.25, 0.3) is 0 Å². The first-order valence-electron chi connectivity index (χ1n) is 3.67. The van der Waals surface area contributed by atoms with Crippen molar-refractivity contribution in [1.82, 2.24) is 9.78 Å². The van der Waals surface area contributed by atoms with Crippen molar-refractivity contribution in [2.75, 3.05) is 6.61 Å². The lowest BCUT2D eigenvalue weighted by Crippen LogP contribution is -2.06. The van der Waals surface area contributed by atoms with Gasteiger partial charge in [-0.3, -0.25) is 0 Å². The first kappa shape index (κ1) is 7.13. The van der Waals surface area contributed by atoms with Crippen LogP contribution in [0.4, 0.5) is 0 Å². The topological polar surface area (TPSA) is 27.1 Å². The summed E-state index contributed by atoms with van der Waals surface area (Å²) in [4.78, 5) is 0. The van der Waals surface area contributed by atoms with E-state index in [0.29, 0.717) is 5.02 Å². The van der Waals surface area contributed by atoms with Crippen LogP contribution in [0.15, 0.2) is 12.4 Å².